The lowest BCUT2D eigenvalue weighted by Gasteiger charge is -2.31. The second-order valence-corrected chi connectivity index (χ2v) is 28.7. The van der Waals surface area contributed by atoms with Crippen molar-refractivity contribution in [1.29, 1.82) is 0 Å². The summed E-state index contributed by atoms with van der Waals surface area (Å²) < 4.78 is 0. The van der Waals surface area contributed by atoms with Crippen LogP contribution in [0.1, 0.15) is 16.7 Å². The summed E-state index contributed by atoms with van der Waals surface area (Å²) >= 11 is 0. The normalized spacial score (nSPS) is 12.2. The van der Waals surface area contributed by atoms with Gasteiger partial charge in [-0.05, 0) is 81.6 Å². The first-order valence-corrected chi connectivity index (χ1v) is 30.1. The largest absolute Gasteiger partial charge is 0.172 e. The van der Waals surface area contributed by atoms with Crippen molar-refractivity contribution in [2.75, 3.05) is 0 Å². The molecule has 0 bridgehead atoms. The van der Waals surface area contributed by atoms with Gasteiger partial charge in [-0.25, -0.2) is 0 Å². The molecule has 0 N–H and O–H groups in total. The Morgan fingerprint density at radius 1 is 0.174 bits per heavy atom. The molecular weight excluding hydrogens is 877 g/mol. The summed E-state index contributed by atoms with van der Waals surface area (Å²) in [7, 11) is -8.12. The van der Waals surface area contributed by atoms with Gasteiger partial charge in [0.2, 0.25) is 0 Å². The molecule has 0 heterocycles. The lowest BCUT2D eigenvalue weighted by atomic mass is 10.1. The van der Waals surface area contributed by atoms with Crippen LogP contribution in [0.15, 0.2) is 308 Å². The van der Waals surface area contributed by atoms with Crippen LogP contribution >= 0.6 is 0 Å². The van der Waals surface area contributed by atoms with Gasteiger partial charge in [0.15, 0.2) is 24.2 Å². The molecule has 0 spiro atoms. The van der Waals surface area contributed by atoms with Gasteiger partial charge >= 0.3 is 0 Å². The highest BCUT2D eigenvalue weighted by Crippen LogP contribution is 2.21. The summed E-state index contributed by atoms with van der Waals surface area (Å²) in [5, 5.41) is 12.2. The van der Waals surface area contributed by atoms with Gasteiger partial charge in [-0.3, -0.25) is 0 Å². The van der Waals surface area contributed by atoms with Crippen LogP contribution in [0.3, 0.4) is 0 Å². The summed E-state index contributed by atoms with van der Waals surface area (Å²) in [6.45, 7) is 0. The predicted octanol–water partition coefficient (Wildman–Crippen LogP) is 9.85. The SMILES string of the molecule is C(=C\[Si](c1ccccc1)(c1ccccc1)c1ccccc1)/c1cc(/C=C/[Si](c2ccccc2)(c2ccccc2)c2ccccc2)cc(/C=C/[Si](c2ccccc2)(c2ccccc2)c2ccccc2)c1. The number of hydrogen-bond donors (Lipinski definition) is 0. The fraction of sp³-hybridized carbons (Fsp3) is 0. The van der Waals surface area contributed by atoms with Gasteiger partial charge in [-0.1, -0.05) is 308 Å². The quantitative estimate of drug-likeness (QED) is 0.0710. The van der Waals surface area contributed by atoms with Crippen LogP contribution in [0, 0.1) is 0 Å². The summed E-state index contributed by atoms with van der Waals surface area (Å²) in [5.74, 6) is 0. The standard InChI is InChI=1S/C66H54Si3/c1-10-28-58(29-11-1)67(59-30-12-2-13-31-59,60-32-14-3-15-33-60)49-46-55-52-56(47-50-68(61-34-16-4-17-35-61,62-36-18-5-19-37-62)63-38-20-6-21-39-63)54-57(53-55)48-51-69(64-40-22-7-23-41-64,65-42-24-8-25-43-65)66-44-26-9-27-45-66/h1-54H/b49-46+,50-47+,51-48+. The van der Waals surface area contributed by atoms with Gasteiger partial charge in [0, 0.05) is 0 Å². The van der Waals surface area contributed by atoms with Crippen molar-refractivity contribution in [2.24, 2.45) is 0 Å². The van der Waals surface area contributed by atoms with Gasteiger partial charge in [0.05, 0.1) is 0 Å². The van der Waals surface area contributed by atoms with Crippen molar-refractivity contribution < 1.29 is 0 Å². The van der Waals surface area contributed by atoms with Gasteiger partial charge in [0.25, 0.3) is 0 Å². The maximum absolute atomic E-state index is 2.71. The zero-order chi connectivity index (χ0) is 46.6. The molecule has 0 aliphatic heterocycles. The Bertz CT molecular complexity index is 2610. The minimum Gasteiger partial charge on any atom is -0.0812 e. The van der Waals surface area contributed by atoms with Gasteiger partial charge < -0.3 is 0 Å². The molecule has 0 fully saturated rings. The molecule has 0 saturated heterocycles. The van der Waals surface area contributed by atoms with E-state index >= 15 is 0 Å². The van der Waals surface area contributed by atoms with Crippen molar-refractivity contribution >= 4 is 89.1 Å². The Kier molecular flexibility index (Phi) is 13.6. The first-order valence-electron chi connectivity index (χ1n) is 23.9. The maximum atomic E-state index is 2.57. The number of hydrogen-bond acceptors (Lipinski definition) is 0. The van der Waals surface area contributed by atoms with Crippen LogP contribution < -0.4 is 46.7 Å². The minimum absolute atomic E-state index is 1.16. The van der Waals surface area contributed by atoms with E-state index in [0.717, 1.165) is 16.7 Å². The Morgan fingerprint density at radius 3 is 0.435 bits per heavy atom. The molecular formula is C66H54Si3. The molecule has 3 heteroatoms. The predicted molar refractivity (Wildman–Crippen MR) is 305 cm³/mol. The molecule has 69 heavy (non-hydrogen) atoms. The van der Waals surface area contributed by atoms with Crippen molar-refractivity contribution in [2.45, 2.75) is 0 Å². The Morgan fingerprint density at radius 2 is 0.304 bits per heavy atom. The van der Waals surface area contributed by atoms with Crippen molar-refractivity contribution in [3.05, 3.63) is 325 Å². The number of benzene rings is 10. The lowest BCUT2D eigenvalue weighted by molar-refractivity contribution is 1.58. The summed E-state index contributed by atoms with van der Waals surface area (Å²) in [4.78, 5) is 0. The van der Waals surface area contributed by atoms with Gasteiger partial charge in [0.1, 0.15) is 0 Å². The maximum Gasteiger partial charge on any atom is 0.172 e. The Balaban J connectivity index is 1.21. The molecule has 0 atom stereocenters. The van der Waals surface area contributed by atoms with Crippen LogP contribution in [-0.4, -0.2) is 24.2 Å². The molecule has 0 aromatic heterocycles. The van der Waals surface area contributed by atoms with E-state index in [1.165, 1.54) is 46.7 Å². The summed E-state index contributed by atoms with van der Waals surface area (Å²) in [6.07, 6.45) is 7.25. The molecule has 0 saturated carbocycles. The molecule has 0 radical (unpaired) electrons. The van der Waals surface area contributed by atoms with E-state index in [2.05, 4.69) is 327 Å². The zero-order valence-corrected chi connectivity index (χ0v) is 41.7. The van der Waals surface area contributed by atoms with E-state index in [4.69, 9.17) is 0 Å². The third-order valence-corrected chi connectivity index (χ3v) is 26.8. The molecule has 330 valence electrons. The fourth-order valence-electron chi connectivity index (χ4n) is 10.3. The van der Waals surface area contributed by atoms with Crippen LogP contribution in [0.5, 0.6) is 0 Å². The summed E-state index contributed by atoms with van der Waals surface area (Å²) in [6, 6.07) is 108. The molecule has 10 rings (SSSR count). The monoisotopic (exact) mass is 930 g/mol. The average Bonchev–Trinajstić information content (AvgIpc) is 3.44. The van der Waals surface area contributed by atoms with Crippen LogP contribution in [0.25, 0.3) is 18.2 Å². The summed E-state index contributed by atoms with van der Waals surface area (Å²) in [5.41, 5.74) is 11.2. The molecule has 0 nitrogen and oxygen atoms in total. The highest BCUT2D eigenvalue weighted by Gasteiger charge is 2.39. The second-order valence-electron chi connectivity index (χ2n) is 17.7. The van der Waals surface area contributed by atoms with Crippen molar-refractivity contribution in [3.8, 4) is 0 Å². The van der Waals surface area contributed by atoms with E-state index in [-0.39, 0.29) is 0 Å². The van der Waals surface area contributed by atoms with E-state index in [9.17, 15) is 0 Å². The fourth-order valence-corrected chi connectivity index (χ4v) is 22.9. The van der Waals surface area contributed by atoms with Gasteiger partial charge in [-0.2, -0.15) is 0 Å². The van der Waals surface area contributed by atoms with Crippen LogP contribution in [0.4, 0.5) is 0 Å². The topological polar surface area (TPSA) is 0 Å². The molecule has 0 aliphatic carbocycles. The second kappa shape index (κ2) is 20.9. The van der Waals surface area contributed by atoms with Crippen LogP contribution in [0.2, 0.25) is 0 Å². The molecule has 10 aromatic rings. The smallest absolute Gasteiger partial charge is 0.0812 e. The molecule has 0 amide bonds. The van der Waals surface area contributed by atoms with Crippen molar-refractivity contribution in [3.63, 3.8) is 0 Å². The molecule has 10 aromatic carbocycles. The first kappa shape index (κ1) is 44.9. The first-order chi connectivity index (χ1) is 34.2. The Hall–Kier alpha value is -7.93. The lowest BCUT2D eigenvalue weighted by Crippen LogP contribution is -2.66. The molecule has 0 aliphatic rings. The minimum atomic E-state index is -2.71. The van der Waals surface area contributed by atoms with Gasteiger partial charge in [-0.15, -0.1) is 0 Å². The van der Waals surface area contributed by atoms with E-state index < -0.39 is 24.2 Å². The third kappa shape index (κ3) is 9.24. The number of rotatable bonds is 15. The average molecular weight is 931 g/mol. The highest BCUT2D eigenvalue weighted by atomic mass is 28.3. The van der Waals surface area contributed by atoms with E-state index in [0.29, 0.717) is 0 Å². The third-order valence-electron chi connectivity index (χ3n) is 13.6. The Labute approximate surface area is 411 Å². The van der Waals surface area contributed by atoms with Crippen LogP contribution in [-0.2, 0) is 0 Å². The highest BCUT2D eigenvalue weighted by molar-refractivity contribution is 7.16. The van der Waals surface area contributed by atoms with E-state index in [1.54, 1.807) is 0 Å². The molecule has 0 unspecified atom stereocenters. The van der Waals surface area contributed by atoms with Crippen molar-refractivity contribution in [1.82, 2.24) is 0 Å². The van der Waals surface area contributed by atoms with E-state index in [1.807, 2.05) is 0 Å². The zero-order valence-electron chi connectivity index (χ0n) is 38.7.